The predicted octanol–water partition coefficient (Wildman–Crippen LogP) is 5.60. The van der Waals surface area contributed by atoms with Gasteiger partial charge < -0.3 is 4.98 Å². The van der Waals surface area contributed by atoms with Crippen molar-refractivity contribution < 1.29 is 0 Å². The number of fused-ring (bicyclic) bond motifs is 2. The molecule has 6 heteroatoms. The molecule has 0 radical (unpaired) electrons. The van der Waals surface area contributed by atoms with Gasteiger partial charge in [-0.05, 0) is 66.3 Å². The van der Waals surface area contributed by atoms with Crippen LogP contribution in [0.5, 0.6) is 0 Å². The van der Waals surface area contributed by atoms with Crippen LogP contribution >= 0.6 is 0 Å². The first-order valence-electron chi connectivity index (χ1n) is 10.9. The van der Waals surface area contributed by atoms with E-state index < -0.39 is 0 Å². The van der Waals surface area contributed by atoms with Crippen LogP contribution in [-0.2, 0) is 12.8 Å². The first-order valence-corrected chi connectivity index (χ1v) is 10.9. The van der Waals surface area contributed by atoms with E-state index >= 15 is 0 Å². The molecule has 156 valence electrons. The van der Waals surface area contributed by atoms with Gasteiger partial charge >= 0.3 is 0 Å². The molecule has 1 aromatic carbocycles. The van der Waals surface area contributed by atoms with Crippen molar-refractivity contribution in [3.63, 3.8) is 0 Å². The van der Waals surface area contributed by atoms with E-state index in [0.29, 0.717) is 0 Å². The normalized spacial score (nSPS) is 12.9. The number of aromatic amines is 2. The van der Waals surface area contributed by atoms with Crippen molar-refractivity contribution in [2.45, 2.75) is 26.2 Å². The first-order chi connectivity index (χ1) is 15.8. The van der Waals surface area contributed by atoms with Crippen molar-refractivity contribution in [3.8, 4) is 33.8 Å². The Labute approximate surface area is 185 Å². The van der Waals surface area contributed by atoms with Gasteiger partial charge in [0.1, 0.15) is 5.69 Å². The molecule has 6 nitrogen and oxygen atoms in total. The Morgan fingerprint density at radius 3 is 2.62 bits per heavy atom. The van der Waals surface area contributed by atoms with Crippen molar-refractivity contribution in [1.82, 2.24) is 30.1 Å². The van der Waals surface area contributed by atoms with Crippen molar-refractivity contribution in [1.29, 1.82) is 0 Å². The Hall–Kier alpha value is -4.06. The largest absolute Gasteiger partial charge is 0.340 e. The Morgan fingerprint density at radius 1 is 0.969 bits per heavy atom. The number of aromatic nitrogens is 6. The van der Waals surface area contributed by atoms with Gasteiger partial charge in [0.2, 0.25) is 0 Å². The number of hydrogen-bond donors (Lipinski definition) is 2. The van der Waals surface area contributed by atoms with Gasteiger partial charge in [0, 0.05) is 47.0 Å². The number of rotatable bonds is 4. The Balaban J connectivity index is 1.49. The second-order valence-electron chi connectivity index (χ2n) is 8.03. The second-order valence-corrected chi connectivity index (χ2v) is 8.03. The van der Waals surface area contributed by atoms with E-state index in [4.69, 9.17) is 4.98 Å². The van der Waals surface area contributed by atoms with Gasteiger partial charge in [0.05, 0.1) is 11.2 Å². The van der Waals surface area contributed by atoms with E-state index in [0.717, 1.165) is 69.6 Å². The molecular weight excluding hydrogens is 396 g/mol. The average Bonchev–Trinajstić information content (AvgIpc) is 3.47. The summed E-state index contributed by atoms with van der Waals surface area (Å²) in [6.07, 6.45) is 14.7. The van der Waals surface area contributed by atoms with Crippen LogP contribution in [-0.4, -0.2) is 30.1 Å². The number of H-pyrrole nitrogens is 2. The molecule has 2 N–H and O–H groups in total. The summed E-state index contributed by atoms with van der Waals surface area (Å²) in [5, 5.41) is 8.80. The summed E-state index contributed by atoms with van der Waals surface area (Å²) in [6, 6.07) is 10.5. The maximum absolute atomic E-state index is 4.79. The van der Waals surface area contributed by atoms with E-state index in [1.807, 2.05) is 36.9 Å². The molecule has 4 heterocycles. The quantitative estimate of drug-likeness (QED) is 0.398. The van der Waals surface area contributed by atoms with Crippen LogP contribution in [0.25, 0.3) is 50.8 Å². The fourth-order valence-electron chi connectivity index (χ4n) is 4.55. The standard InChI is InChI=1S/C26H22N6/c1-2-18-20(16-9-11-27-12-10-16)14-28-15-21(18)17-7-8-22-19(13-17)25(32-31-22)26-29-23-5-3-4-6-24(23)30-26/h3,5,7-15H,2,4,6H2,1H3,(H,29,30)(H,31,32). The summed E-state index contributed by atoms with van der Waals surface area (Å²) in [7, 11) is 0. The van der Waals surface area contributed by atoms with Crippen LogP contribution in [0.1, 0.15) is 30.3 Å². The molecule has 0 atom stereocenters. The highest BCUT2D eigenvalue weighted by atomic mass is 15.1. The molecular formula is C26H22N6. The van der Waals surface area contributed by atoms with E-state index in [9.17, 15) is 0 Å². The van der Waals surface area contributed by atoms with E-state index in [1.165, 1.54) is 11.3 Å². The zero-order valence-corrected chi connectivity index (χ0v) is 17.8. The van der Waals surface area contributed by atoms with Crippen molar-refractivity contribution in [2.24, 2.45) is 0 Å². The molecule has 0 saturated carbocycles. The summed E-state index contributed by atoms with van der Waals surface area (Å²) >= 11 is 0. The van der Waals surface area contributed by atoms with Gasteiger partial charge in [-0.3, -0.25) is 15.1 Å². The minimum atomic E-state index is 0.810. The monoisotopic (exact) mass is 418 g/mol. The molecule has 0 unspecified atom stereocenters. The molecule has 32 heavy (non-hydrogen) atoms. The summed E-state index contributed by atoms with van der Waals surface area (Å²) in [4.78, 5) is 17.0. The number of allylic oxidation sites excluding steroid dienone is 1. The molecule has 0 spiro atoms. The fourth-order valence-corrected chi connectivity index (χ4v) is 4.55. The number of benzene rings is 1. The van der Waals surface area contributed by atoms with E-state index in [-0.39, 0.29) is 0 Å². The van der Waals surface area contributed by atoms with Gasteiger partial charge in [-0.2, -0.15) is 5.10 Å². The van der Waals surface area contributed by atoms with Crippen LogP contribution in [0.15, 0.2) is 61.2 Å². The average molecular weight is 419 g/mol. The smallest absolute Gasteiger partial charge is 0.159 e. The van der Waals surface area contributed by atoms with Gasteiger partial charge in [-0.1, -0.05) is 19.1 Å². The molecule has 6 rings (SSSR count). The highest BCUT2D eigenvalue weighted by Gasteiger charge is 2.18. The summed E-state index contributed by atoms with van der Waals surface area (Å²) in [5.41, 5.74) is 9.84. The molecule has 0 saturated heterocycles. The molecule has 4 aromatic heterocycles. The first kappa shape index (κ1) is 18.7. The lowest BCUT2D eigenvalue weighted by Gasteiger charge is -2.13. The third-order valence-corrected chi connectivity index (χ3v) is 6.15. The Bertz CT molecular complexity index is 1460. The van der Waals surface area contributed by atoms with Crippen molar-refractivity contribution >= 4 is 17.0 Å². The lowest BCUT2D eigenvalue weighted by atomic mass is 9.92. The lowest BCUT2D eigenvalue weighted by molar-refractivity contribution is 0.943. The van der Waals surface area contributed by atoms with Gasteiger partial charge in [0.15, 0.2) is 5.82 Å². The molecule has 1 aliphatic carbocycles. The molecule has 0 amide bonds. The zero-order chi connectivity index (χ0) is 21.5. The molecule has 1 aliphatic rings. The number of aryl methyl sites for hydroxylation is 1. The van der Waals surface area contributed by atoms with Crippen LogP contribution in [0.4, 0.5) is 0 Å². The third kappa shape index (κ3) is 3.03. The van der Waals surface area contributed by atoms with Gasteiger partial charge in [-0.25, -0.2) is 4.98 Å². The predicted molar refractivity (Wildman–Crippen MR) is 127 cm³/mol. The fraction of sp³-hybridized carbons (Fsp3) is 0.154. The molecule has 0 fully saturated rings. The third-order valence-electron chi connectivity index (χ3n) is 6.15. The van der Waals surface area contributed by atoms with Crippen LogP contribution < -0.4 is 0 Å². The van der Waals surface area contributed by atoms with Crippen LogP contribution in [0.3, 0.4) is 0 Å². The summed E-state index contributed by atoms with van der Waals surface area (Å²) in [6.45, 7) is 2.19. The second kappa shape index (κ2) is 7.57. The van der Waals surface area contributed by atoms with E-state index in [1.54, 1.807) is 0 Å². The highest BCUT2D eigenvalue weighted by Crippen LogP contribution is 2.35. The van der Waals surface area contributed by atoms with Gasteiger partial charge in [0.25, 0.3) is 0 Å². The Morgan fingerprint density at radius 2 is 1.81 bits per heavy atom. The zero-order valence-electron chi connectivity index (χ0n) is 17.8. The SMILES string of the molecule is CCc1c(-c2ccncc2)cncc1-c1ccc2[nH]nc(-c3nc4c([nH]3)CCC=C4)c2c1. The highest BCUT2D eigenvalue weighted by molar-refractivity contribution is 5.95. The number of pyridine rings is 2. The number of hydrogen-bond acceptors (Lipinski definition) is 4. The van der Waals surface area contributed by atoms with Crippen molar-refractivity contribution in [2.75, 3.05) is 0 Å². The summed E-state index contributed by atoms with van der Waals surface area (Å²) in [5.74, 6) is 0.810. The van der Waals surface area contributed by atoms with Crippen LogP contribution in [0.2, 0.25) is 0 Å². The maximum Gasteiger partial charge on any atom is 0.159 e. The Kier molecular flexibility index (Phi) is 4.42. The van der Waals surface area contributed by atoms with Crippen LogP contribution in [0, 0.1) is 0 Å². The van der Waals surface area contributed by atoms with E-state index in [2.05, 4.69) is 62.4 Å². The number of nitrogens with zero attached hydrogens (tertiary/aromatic N) is 4. The minimum Gasteiger partial charge on any atom is -0.340 e. The minimum absolute atomic E-state index is 0.810. The maximum atomic E-state index is 4.79. The summed E-state index contributed by atoms with van der Waals surface area (Å²) < 4.78 is 0. The van der Waals surface area contributed by atoms with Gasteiger partial charge in [-0.15, -0.1) is 0 Å². The topological polar surface area (TPSA) is 83.1 Å². The number of imidazole rings is 1. The molecule has 5 aromatic rings. The molecule has 0 bridgehead atoms. The number of nitrogens with one attached hydrogen (secondary N) is 2. The van der Waals surface area contributed by atoms with Crippen molar-refractivity contribution in [3.05, 3.63) is 78.1 Å². The molecule has 0 aliphatic heterocycles. The lowest BCUT2D eigenvalue weighted by Crippen LogP contribution is -1.95.